The average molecular weight is 283 g/mol. The van der Waals surface area contributed by atoms with Gasteiger partial charge in [0.25, 0.3) is 5.56 Å². The number of benzene rings is 1. The van der Waals surface area contributed by atoms with Crippen LogP contribution in [0.15, 0.2) is 47.5 Å². The number of pyridine rings is 1. The molecule has 0 amide bonds. The van der Waals surface area contributed by atoms with E-state index in [0.717, 1.165) is 5.39 Å². The van der Waals surface area contributed by atoms with Crippen LogP contribution in [0.2, 0.25) is 0 Å². The van der Waals surface area contributed by atoms with Gasteiger partial charge in [-0.25, -0.2) is 4.79 Å². The van der Waals surface area contributed by atoms with Crippen LogP contribution in [-0.4, -0.2) is 25.4 Å². The molecular weight excluding hydrogens is 270 g/mol. The zero-order valence-electron chi connectivity index (χ0n) is 11.4. The van der Waals surface area contributed by atoms with Gasteiger partial charge in [0, 0.05) is 18.6 Å². The van der Waals surface area contributed by atoms with Gasteiger partial charge in [-0.3, -0.25) is 9.48 Å². The monoisotopic (exact) mass is 283 g/mol. The SMILES string of the molecule is Cn1ncc(C(=O)O)c1Cn1ccc2ccccc2c1=O. The molecule has 0 saturated carbocycles. The Balaban J connectivity index is 2.11. The molecule has 0 aliphatic heterocycles. The third kappa shape index (κ3) is 2.20. The summed E-state index contributed by atoms with van der Waals surface area (Å²) in [6.45, 7) is 0.168. The minimum Gasteiger partial charge on any atom is -0.478 e. The molecule has 0 atom stereocenters. The molecule has 3 rings (SSSR count). The maximum Gasteiger partial charge on any atom is 0.339 e. The van der Waals surface area contributed by atoms with Crippen molar-refractivity contribution in [3.63, 3.8) is 0 Å². The molecule has 3 aromatic rings. The van der Waals surface area contributed by atoms with Crippen LogP contribution in [0.4, 0.5) is 0 Å². The number of nitrogens with zero attached hydrogens (tertiary/aromatic N) is 3. The van der Waals surface area contributed by atoms with Gasteiger partial charge in [0.15, 0.2) is 0 Å². The van der Waals surface area contributed by atoms with E-state index in [1.54, 1.807) is 25.4 Å². The van der Waals surface area contributed by atoms with Crippen molar-refractivity contribution in [2.24, 2.45) is 7.05 Å². The first-order valence-corrected chi connectivity index (χ1v) is 6.40. The minimum atomic E-state index is -1.05. The maximum atomic E-state index is 12.4. The average Bonchev–Trinajstić information content (AvgIpc) is 2.84. The summed E-state index contributed by atoms with van der Waals surface area (Å²) in [6, 6.07) is 9.15. The number of aromatic nitrogens is 3. The molecule has 0 unspecified atom stereocenters. The number of carboxylic acids is 1. The largest absolute Gasteiger partial charge is 0.478 e. The summed E-state index contributed by atoms with van der Waals surface area (Å²) < 4.78 is 2.97. The van der Waals surface area contributed by atoms with Crippen molar-refractivity contribution in [1.82, 2.24) is 14.3 Å². The second kappa shape index (κ2) is 4.90. The highest BCUT2D eigenvalue weighted by Gasteiger charge is 2.16. The predicted molar refractivity (Wildman–Crippen MR) is 77.5 cm³/mol. The van der Waals surface area contributed by atoms with Crippen LogP contribution in [0, 0.1) is 0 Å². The number of hydrogen-bond donors (Lipinski definition) is 1. The highest BCUT2D eigenvalue weighted by atomic mass is 16.4. The molecular formula is C15H13N3O3. The number of carboxylic acid groups (broad SMARTS) is 1. The second-order valence-corrected chi connectivity index (χ2v) is 4.77. The quantitative estimate of drug-likeness (QED) is 0.790. The van der Waals surface area contributed by atoms with Gasteiger partial charge >= 0.3 is 5.97 Å². The zero-order chi connectivity index (χ0) is 15.0. The molecule has 0 bridgehead atoms. The van der Waals surface area contributed by atoms with Gasteiger partial charge in [-0.2, -0.15) is 5.10 Å². The molecule has 2 heterocycles. The normalized spacial score (nSPS) is 10.9. The van der Waals surface area contributed by atoms with Crippen LogP contribution in [0.5, 0.6) is 0 Å². The molecule has 0 aliphatic carbocycles. The lowest BCUT2D eigenvalue weighted by Crippen LogP contribution is -2.22. The Morgan fingerprint density at radius 1 is 1.29 bits per heavy atom. The molecule has 2 aromatic heterocycles. The van der Waals surface area contributed by atoms with Gasteiger partial charge in [-0.1, -0.05) is 18.2 Å². The number of aryl methyl sites for hydroxylation is 1. The molecule has 6 heteroatoms. The number of rotatable bonds is 3. The fourth-order valence-electron chi connectivity index (χ4n) is 2.34. The summed E-state index contributed by atoms with van der Waals surface area (Å²) in [5.41, 5.74) is 0.447. The second-order valence-electron chi connectivity index (χ2n) is 4.77. The lowest BCUT2D eigenvalue weighted by atomic mass is 10.1. The van der Waals surface area contributed by atoms with Crippen molar-refractivity contribution in [3.05, 3.63) is 64.3 Å². The van der Waals surface area contributed by atoms with Gasteiger partial charge in [0.1, 0.15) is 5.56 Å². The van der Waals surface area contributed by atoms with Gasteiger partial charge < -0.3 is 9.67 Å². The Labute approximate surface area is 119 Å². The summed E-state index contributed by atoms with van der Waals surface area (Å²) >= 11 is 0. The van der Waals surface area contributed by atoms with E-state index < -0.39 is 5.97 Å². The van der Waals surface area contributed by atoms with E-state index in [-0.39, 0.29) is 17.7 Å². The molecule has 1 N–H and O–H groups in total. The van der Waals surface area contributed by atoms with Crippen LogP contribution < -0.4 is 5.56 Å². The Morgan fingerprint density at radius 2 is 2.05 bits per heavy atom. The van der Waals surface area contributed by atoms with E-state index in [1.165, 1.54) is 15.4 Å². The van der Waals surface area contributed by atoms with Crippen molar-refractivity contribution in [2.75, 3.05) is 0 Å². The standard InChI is InChI=1S/C15H13N3O3/c1-17-13(12(8-16-17)15(20)21)9-18-7-6-10-4-2-3-5-11(10)14(18)19/h2-8H,9H2,1H3,(H,20,21). The lowest BCUT2D eigenvalue weighted by molar-refractivity contribution is 0.0695. The first-order valence-electron chi connectivity index (χ1n) is 6.40. The summed E-state index contributed by atoms with van der Waals surface area (Å²) in [5, 5.41) is 14.6. The molecule has 1 aromatic carbocycles. The number of hydrogen-bond acceptors (Lipinski definition) is 3. The van der Waals surface area contributed by atoms with Crippen LogP contribution >= 0.6 is 0 Å². The van der Waals surface area contributed by atoms with E-state index in [4.69, 9.17) is 5.11 Å². The third-order valence-corrected chi connectivity index (χ3v) is 3.50. The first kappa shape index (κ1) is 13.1. The van der Waals surface area contributed by atoms with Crippen molar-refractivity contribution in [3.8, 4) is 0 Å². The van der Waals surface area contributed by atoms with Crippen LogP contribution in [0.1, 0.15) is 16.1 Å². The van der Waals surface area contributed by atoms with E-state index in [2.05, 4.69) is 5.10 Å². The summed E-state index contributed by atoms with van der Waals surface area (Å²) in [7, 11) is 1.66. The van der Waals surface area contributed by atoms with Crippen molar-refractivity contribution < 1.29 is 9.90 Å². The Bertz CT molecular complexity index is 893. The topological polar surface area (TPSA) is 77.1 Å². The predicted octanol–water partition coefficient (Wildman–Crippen LogP) is 1.48. The van der Waals surface area contributed by atoms with E-state index in [0.29, 0.717) is 11.1 Å². The number of aromatic carboxylic acids is 1. The molecule has 0 aliphatic rings. The van der Waals surface area contributed by atoms with E-state index in [1.807, 2.05) is 18.2 Å². The lowest BCUT2D eigenvalue weighted by Gasteiger charge is -2.08. The van der Waals surface area contributed by atoms with Gasteiger partial charge in [0.05, 0.1) is 18.4 Å². The fourth-order valence-corrected chi connectivity index (χ4v) is 2.34. The smallest absolute Gasteiger partial charge is 0.339 e. The number of fused-ring (bicyclic) bond motifs is 1. The Hall–Kier alpha value is -2.89. The van der Waals surface area contributed by atoms with Crippen LogP contribution in [0.25, 0.3) is 10.8 Å². The first-order chi connectivity index (χ1) is 10.1. The van der Waals surface area contributed by atoms with Crippen molar-refractivity contribution >= 4 is 16.7 Å². The molecule has 21 heavy (non-hydrogen) atoms. The van der Waals surface area contributed by atoms with E-state index >= 15 is 0 Å². The van der Waals surface area contributed by atoms with Gasteiger partial charge in [-0.05, 0) is 17.5 Å². The van der Waals surface area contributed by atoms with Gasteiger partial charge in [-0.15, -0.1) is 0 Å². The fraction of sp³-hybridized carbons (Fsp3) is 0.133. The Morgan fingerprint density at radius 3 is 2.81 bits per heavy atom. The highest BCUT2D eigenvalue weighted by Crippen LogP contribution is 2.12. The summed E-state index contributed by atoms with van der Waals surface area (Å²) in [4.78, 5) is 23.6. The number of carbonyl (C=O) groups is 1. The summed E-state index contributed by atoms with van der Waals surface area (Å²) in [6.07, 6.45) is 2.97. The molecule has 0 spiro atoms. The Kier molecular flexibility index (Phi) is 3.06. The molecule has 6 nitrogen and oxygen atoms in total. The molecule has 0 radical (unpaired) electrons. The van der Waals surface area contributed by atoms with Crippen molar-refractivity contribution in [1.29, 1.82) is 0 Å². The minimum absolute atomic E-state index is 0.109. The molecule has 0 saturated heterocycles. The van der Waals surface area contributed by atoms with Crippen LogP contribution in [-0.2, 0) is 13.6 Å². The van der Waals surface area contributed by atoms with Crippen LogP contribution in [0.3, 0.4) is 0 Å². The highest BCUT2D eigenvalue weighted by molar-refractivity contribution is 5.88. The third-order valence-electron chi connectivity index (χ3n) is 3.50. The maximum absolute atomic E-state index is 12.4. The van der Waals surface area contributed by atoms with Gasteiger partial charge in [0.2, 0.25) is 0 Å². The molecule has 106 valence electrons. The molecule has 0 fully saturated rings. The van der Waals surface area contributed by atoms with E-state index in [9.17, 15) is 9.59 Å². The van der Waals surface area contributed by atoms with Crippen molar-refractivity contribution in [2.45, 2.75) is 6.54 Å². The summed E-state index contributed by atoms with van der Waals surface area (Å²) in [5.74, 6) is -1.05. The zero-order valence-corrected chi connectivity index (χ0v) is 11.4.